The van der Waals surface area contributed by atoms with Crippen LogP contribution in [0.1, 0.15) is 61.8 Å². The van der Waals surface area contributed by atoms with Gasteiger partial charge in [0.25, 0.3) is 0 Å². The normalized spacial score (nSPS) is 18.7. The number of nitrogens with zero attached hydrogens (tertiary/aromatic N) is 5. The summed E-state index contributed by atoms with van der Waals surface area (Å²) < 4.78 is 2.01. The monoisotopic (exact) mass is 537 g/mol. The first kappa shape index (κ1) is 24.0. The molecule has 1 aromatic heterocycles. The number of hydrogen-bond acceptors (Lipinski definition) is 4. The van der Waals surface area contributed by atoms with Gasteiger partial charge in [-0.3, -0.25) is 4.90 Å². The van der Waals surface area contributed by atoms with Gasteiger partial charge >= 0.3 is 0 Å². The van der Waals surface area contributed by atoms with E-state index >= 15 is 0 Å². The van der Waals surface area contributed by atoms with Crippen molar-refractivity contribution < 1.29 is 0 Å². The summed E-state index contributed by atoms with van der Waals surface area (Å²) in [6.07, 6.45) is 7.62. The maximum absolute atomic E-state index is 4.88. The number of nitrogens with one attached hydrogen (secondary N) is 2. The maximum atomic E-state index is 4.88. The van der Waals surface area contributed by atoms with E-state index in [0.29, 0.717) is 18.6 Å². The predicted octanol–water partition coefficient (Wildman–Crippen LogP) is 3.56. The smallest absolute Gasteiger partial charge is 0.191 e. The summed E-state index contributed by atoms with van der Waals surface area (Å²) in [5, 5.41) is 15.8. The molecule has 0 spiro atoms. The van der Waals surface area contributed by atoms with E-state index in [1.54, 1.807) is 0 Å². The third kappa shape index (κ3) is 6.41. The summed E-state index contributed by atoms with van der Waals surface area (Å²) in [6, 6.07) is 11.7. The molecule has 2 fully saturated rings. The molecule has 4 rings (SSSR count). The van der Waals surface area contributed by atoms with Crippen molar-refractivity contribution in [3.05, 3.63) is 47.5 Å². The zero-order chi connectivity index (χ0) is 20.8. The molecule has 1 unspecified atom stereocenters. The number of hydrogen-bond donors (Lipinski definition) is 2. The Kier molecular flexibility index (Phi) is 9.13. The van der Waals surface area contributed by atoms with Crippen LogP contribution in [0.4, 0.5) is 0 Å². The number of halogens is 1. The fourth-order valence-electron chi connectivity index (χ4n) is 4.53. The van der Waals surface area contributed by atoms with Crippen molar-refractivity contribution in [2.75, 3.05) is 19.6 Å². The quantitative estimate of drug-likeness (QED) is 0.321. The van der Waals surface area contributed by atoms with Crippen LogP contribution < -0.4 is 10.6 Å². The molecule has 2 heterocycles. The summed E-state index contributed by atoms with van der Waals surface area (Å²) in [5.74, 6) is 2.69. The zero-order valence-corrected chi connectivity index (χ0v) is 21.1. The number of aromatic nitrogens is 3. The Morgan fingerprint density at radius 3 is 2.45 bits per heavy atom. The van der Waals surface area contributed by atoms with Gasteiger partial charge in [-0.25, -0.2) is 4.99 Å². The van der Waals surface area contributed by atoms with Gasteiger partial charge in [0.05, 0.1) is 6.04 Å². The van der Waals surface area contributed by atoms with E-state index in [9.17, 15) is 0 Å². The maximum Gasteiger partial charge on any atom is 0.191 e. The van der Waals surface area contributed by atoms with E-state index in [1.165, 1.54) is 57.2 Å². The molecule has 1 aliphatic carbocycles. The van der Waals surface area contributed by atoms with Crippen LogP contribution in [-0.4, -0.2) is 51.3 Å². The summed E-state index contributed by atoms with van der Waals surface area (Å²) in [7, 11) is 2.00. The molecule has 1 saturated heterocycles. The topological polar surface area (TPSA) is 70.4 Å². The van der Waals surface area contributed by atoms with E-state index in [2.05, 4.69) is 56.1 Å². The van der Waals surface area contributed by atoms with Crippen LogP contribution in [-0.2, 0) is 13.6 Å². The molecule has 1 aliphatic heterocycles. The molecule has 31 heavy (non-hydrogen) atoms. The highest BCUT2D eigenvalue weighted by atomic mass is 127. The van der Waals surface area contributed by atoms with Gasteiger partial charge < -0.3 is 15.2 Å². The van der Waals surface area contributed by atoms with Crippen molar-refractivity contribution in [3.8, 4) is 0 Å². The molecule has 7 nitrogen and oxygen atoms in total. The Balaban J connectivity index is 0.00000272. The predicted molar refractivity (Wildman–Crippen MR) is 136 cm³/mol. The SMILES string of the molecule is Cc1nnc(CN=C(NCC(c2ccccc2)N2CCCC2)NC2CCCC2)n1C.I. The lowest BCUT2D eigenvalue weighted by Crippen LogP contribution is -2.45. The average molecular weight is 537 g/mol. The molecule has 2 aromatic rings. The number of likely N-dealkylation sites (tertiary alicyclic amines) is 1. The minimum Gasteiger partial charge on any atom is -0.354 e. The zero-order valence-electron chi connectivity index (χ0n) is 18.8. The fourth-order valence-corrected chi connectivity index (χ4v) is 4.53. The third-order valence-electron chi connectivity index (χ3n) is 6.49. The molecule has 1 saturated carbocycles. The van der Waals surface area contributed by atoms with Gasteiger partial charge in [0.2, 0.25) is 0 Å². The Morgan fingerprint density at radius 2 is 1.81 bits per heavy atom. The lowest BCUT2D eigenvalue weighted by Gasteiger charge is -2.29. The second-order valence-electron chi connectivity index (χ2n) is 8.56. The van der Waals surface area contributed by atoms with Crippen molar-refractivity contribution in [2.45, 2.75) is 64.1 Å². The standard InChI is InChI=1S/C23H35N7.HI/c1-18-27-28-22(29(18)2)17-25-23(26-20-12-6-7-13-20)24-16-21(30-14-8-9-15-30)19-10-4-3-5-11-19;/h3-5,10-11,20-21H,6-9,12-17H2,1-2H3,(H2,24,25,26);1H. The number of aliphatic imine (C=N–C) groups is 1. The van der Waals surface area contributed by atoms with Gasteiger partial charge in [-0.1, -0.05) is 43.2 Å². The van der Waals surface area contributed by atoms with Gasteiger partial charge in [-0.2, -0.15) is 0 Å². The molecule has 0 radical (unpaired) electrons. The van der Waals surface area contributed by atoms with Crippen LogP contribution >= 0.6 is 24.0 Å². The van der Waals surface area contributed by atoms with Crippen LogP contribution in [0.5, 0.6) is 0 Å². The van der Waals surface area contributed by atoms with Crippen LogP contribution in [0.15, 0.2) is 35.3 Å². The van der Waals surface area contributed by atoms with Crippen LogP contribution in [0.2, 0.25) is 0 Å². The molecule has 2 N–H and O–H groups in total. The van der Waals surface area contributed by atoms with Crippen LogP contribution in [0.25, 0.3) is 0 Å². The third-order valence-corrected chi connectivity index (χ3v) is 6.49. The fraction of sp³-hybridized carbons (Fsp3) is 0.609. The molecule has 0 amide bonds. The van der Waals surface area contributed by atoms with E-state index in [1.807, 2.05) is 18.5 Å². The molecular weight excluding hydrogens is 501 g/mol. The average Bonchev–Trinajstić information content (AvgIpc) is 3.53. The molecule has 1 atom stereocenters. The lowest BCUT2D eigenvalue weighted by atomic mass is 10.1. The highest BCUT2D eigenvalue weighted by molar-refractivity contribution is 14.0. The Morgan fingerprint density at radius 1 is 1.10 bits per heavy atom. The molecule has 0 bridgehead atoms. The van der Waals surface area contributed by atoms with Crippen LogP contribution in [0, 0.1) is 6.92 Å². The van der Waals surface area contributed by atoms with Crippen molar-refractivity contribution in [3.63, 3.8) is 0 Å². The first-order valence-electron chi connectivity index (χ1n) is 11.4. The van der Waals surface area contributed by atoms with Crippen LogP contribution in [0.3, 0.4) is 0 Å². The highest BCUT2D eigenvalue weighted by Gasteiger charge is 2.24. The molecule has 1 aromatic carbocycles. The summed E-state index contributed by atoms with van der Waals surface area (Å²) in [5.41, 5.74) is 1.37. The van der Waals surface area contributed by atoms with Crippen molar-refractivity contribution in [2.24, 2.45) is 12.0 Å². The van der Waals surface area contributed by atoms with Gasteiger partial charge in [-0.05, 0) is 51.3 Å². The second-order valence-corrected chi connectivity index (χ2v) is 8.56. The van der Waals surface area contributed by atoms with Crippen molar-refractivity contribution in [1.29, 1.82) is 0 Å². The molecule has 170 valence electrons. The van der Waals surface area contributed by atoms with E-state index in [4.69, 9.17) is 4.99 Å². The molecular formula is C23H36IN7. The van der Waals surface area contributed by atoms with E-state index in [-0.39, 0.29) is 24.0 Å². The van der Waals surface area contributed by atoms with Gasteiger partial charge in [0.1, 0.15) is 12.4 Å². The first-order chi connectivity index (χ1) is 14.7. The van der Waals surface area contributed by atoms with Gasteiger partial charge in [-0.15, -0.1) is 34.2 Å². The van der Waals surface area contributed by atoms with Crippen molar-refractivity contribution >= 4 is 29.9 Å². The minimum absolute atomic E-state index is 0. The summed E-state index contributed by atoms with van der Waals surface area (Å²) in [6.45, 7) is 5.68. The van der Waals surface area contributed by atoms with Gasteiger partial charge in [0, 0.05) is 19.6 Å². The molecule has 8 heteroatoms. The highest BCUT2D eigenvalue weighted by Crippen LogP contribution is 2.24. The van der Waals surface area contributed by atoms with E-state index < -0.39 is 0 Å². The largest absolute Gasteiger partial charge is 0.354 e. The first-order valence-corrected chi connectivity index (χ1v) is 11.4. The van der Waals surface area contributed by atoms with E-state index in [0.717, 1.165) is 24.2 Å². The number of aryl methyl sites for hydroxylation is 1. The summed E-state index contributed by atoms with van der Waals surface area (Å²) >= 11 is 0. The number of benzene rings is 1. The Bertz CT molecular complexity index is 824. The minimum atomic E-state index is 0. The van der Waals surface area contributed by atoms with Crippen molar-refractivity contribution in [1.82, 2.24) is 30.3 Å². The lowest BCUT2D eigenvalue weighted by molar-refractivity contribution is 0.245. The second kappa shape index (κ2) is 11.8. The summed E-state index contributed by atoms with van der Waals surface area (Å²) in [4.78, 5) is 7.48. The number of rotatable bonds is 7. The Labute approximate surface area is 203 Å². The number of guanidine groups is 1. The Hall–Kier alpha value is -1.68. The van der Waals surface area contributed by atoms with Gasteiger partial charge in [0.15, 0.2) is 11.8 Å². The molecule has 2 aliphatic rings.